The molecule has 2 rings (SSSR count). The summed E-state index contributed by atoms with van der Waals surface area (Å²) in [6.07, 6.45) is 0. The van der Waals surface area contributed by atoms with Gasteiger partial charge in [0.2, 0.25) is 0 Å². The van der Waals surface area contributed by atoms with Crippen LogP contribution in [0.25, 0.3) is 0 Å². The zero-order valence-corrected chi connectivity index (χ0v) is 12.5. The van der Waals surface area contributed by atoms with Gasteiger partial charge in [-0.05, 0) is 23.7 Å². The molecule has 1 amide bonds. The Morgan fingerprint density at radius 1 is 1.33 bits per heavy atom. The van der Waals surface area contributed by atoms with Crippen molar-refractivity contribution in [3.8, 4) is 0 Å². The zero-order valence-electron chi connectivity index (χ0n) is 11.7. The Bertz CT molecular complexity index is 694. The number of nitrogens with one attached hydrogen (secondary N) is 1. The van der Waals surface area contributed by atoms with Crippen molar-refractivity contribution in [1.82, 2.24) is 9.59 Å². The summed E-state index contributed by atoms with van der Waals surface area (Å²) in [6.45, 7) is 5.62. The summed E-state index contributed by atoms with van der Waals surface area (Å²) in [6, 6.07) is 2.08. The number of hydrogen-bond donors (Lipinski definition) is 2. The lowest BCUT2D eigenvalue weighted by Gasteiger charge is -2.16. The van der Waals surface area contributed by atoms with Crippen LogP contribution in [0.3, 0.4) is 0 Å². The summed E-state index contributed by atoms with van der Waals surface area (Å²) in [7, 11) is 0. The van der Waals surface area contributed by atoms with E-state index in [9.17, 15) is 13.6 Å². The molecule has 1 aromatic heterocycles. The van der Waals surface area contributed by atoms with Gasteiger partial charge >= 0.3 is 0 Å². The molecule has 0 spiro atoms. The fraction of sp³-hybridized carbons (Fsp3) is 0.308. The van der Waals surface area contributed by atoms with Gasteiger partial charge in [-0.2, -0.15) is 0 Å². The van der Waals surface area contributed by atoms with Crippen LogP contribution < -0.4 is 11.1 Å². The van der Waals surface area contributed by atoms with Crippen molar-refractivity contribution in [1.29, 1.82) is 0 Å². The smallest absolute Gasteiger partial charge is 0.269 e. The first-order valence-electron chi connectivity index (χ1n) is 6.09. The molecule has 1 aromatic carbocycles. The van der Waals surface area contributed by atoms with Gasteiger partial charge in [-0.1, -0.05) is 25.3 Å². The predicted octanol–water partition coefficient (Wildman–Crippen LogP) is 2.95. The minimum Gasteiger partial charge on any atom is -0.397 e. The van der Waals surface area contributed by atoms with Crippen molar-refractivity contribution in [2.45, 2.75) is 26.2 Å². The Morgan fingerprint density at radius 2 is 2.00 bits per heavy atom. The molecular weight excluding hydrogens is 298 g/mol. The first-order chi connectivity index (χ1) is 9.71. The number of hydrogen-bond acceptors (Lipinski definition) is 5. The lowest BCUT2D eigenvalue weighted by molar-refractivity contribution is 0.102. The summed E-state index contributed by atoms with van der Waals surface area (Å²) in [5, 5.41) is 6.21. The summed E-state index contributed by atoms with van der Waals surface area (Å²) < 4.78 is 30.7. The standard InChI is InChI=1S/C13H14F2N4OS/c1-13(2,3)11-10(21-19-18-11)12(20)17-9-7(16)5-4-6(14)8(9)15/h4-5H,16H2,1-3H3,(H,17,20). The third-order valence-corrected chi connectivity index (χ3v) is 3.49. The number of aromatic nitrogens is 2. The van der Waals surface area contributed by atoms with Crippen molar-refractivity contribution >= 4 is 28.8 Å². The summed E-state index contributed by atoms with van der Waals surface area (Å²) in [5.41, 5.74) is 5.22. The largest absolute Gasteiger partial charge is 0.397 e. The van der Waals surface area contributed by atoms with Crippen molar-refractivity contribution in [2.24, 2.45) is 0 Å². The summed E-state index contributed by atoms with van der Waals surface area (Å²) in [4.78, 5) is 12.5. The maximum atomic E-state index is 13.7. The highest BCUT2D eigenvalue weighted by Gasteiger charge is 2.27. The fourth-order valence-corrected chi connectivity index (χ4v) is 2.46. The van der Waals surface area contributed by atoms with Gasteiger partial charge in [0.05, 0.1) is 11.4 Å². The molecule has 5 nitrogen and oxygen atoms in total. The topological polar surface area (TPSA) is 80.9 Å². The van der Waals surface area contributed by atoms with Gasteiger partial charge in [0.25, 0.3) is 5.91 Å². The van der Waals surface area contributed by atoms with Gasteiger partial charge in [-0.25, -0.2) is 8.78 Å². The van der Waals surface area contributed by atoms with Crippen molar-refractivity contribution in [2.75, 3.05) is 11.1 Å². The highest BCUT2D eigenvalue weighted by Crippen LogP contribution is 2.29. The quantitative estimate of drug-likeness (QED) is 0.835. The Hall–Kier alpha value is -2.09. The van der Waals surface area contributed by atoms with Gasteiger partial charge < -0.3 is 11.1 Å². The van der Waals surface area contributed by atoms with E-state index in [1.54, 1.807) is 0 Å². The van der Waals surface area contributed by atoms with Gasteiger partial charge in [0.15, 0.2) is 11.6 Å². The van der Waals surface area contributed by atoms with Crippen LogP contribution in [0.1, 0.15) is 36.1 Å². The van der Waals surface area contributed by atoms with Crippen LogP contribution in [0.2, 0.25) is 0 Å². The monoisotopic (exact) mass is 312 g/mol. The maximum absolute atomic E-state index is 13.7. The fourth-order valence-electron chi connectivity index (χ4n) is 1.69. The van der Waals surface area contributed by atoms with Crippen molar-refractivity contribution in [3.05, 3.63) is 34.3 Å². The van der Waals surface area contributed by atoms with E-state index >= 15 is 0 Å². The maximum Gasteiger partial charge on any atom is 0.269 e. The molecule has 8 heteroatoms. The molecule has 0 saturated carbocycles. The molecule has 0 atom stereocenters. The van der Waals surface area contributed by atoms with Crippen LogP contribution in [0.4, 0.5) is 20.2 Å². The second-order valence-corrected chi connectivity index (χ2v) is 6.23. The van der Waals surface area contributed by atoms with Crippen LogP contribution in [0.15, 0.2) is 12.1 Å². The predicted molar refractivity (Wildman–Crippen MR) is 77.3 cm³/mol. The van der Waals surface area contributed by atoms with E-state index in [0.717, 1.165) is 17.6 Å². The minimum atomic E-state index is -1.20. The Morgan fingerprint density at radius 3 is 2.62 bits per heavy atom. The normalized spacial score (nSPS) is 11.5. The number of nitrogen functional groups attached to an aromatic ring is 1. The lowest BCUT2D eigenvalue weighted by atomic mass is 9.91. The van der Waals surface area contributed by atoms with Gasteiger partial charge in [0, 0.05) is 5.41 Å². The van der Waals surface area contributed by atoms with E-state index in [1.165, 1.54) is 6.07 Å². The van der Waals surface area contributed by atoms with Crippen LogP contribution >= 0.6 is 11.5 Å². The molecule has 0 bridgehead atoms. The Balaban J connectivity index is 2.36. The van der Waals surface area contributed by atoms with E-state index in [0.29, 0.717) is 5.69 Å². The van der Waals surface area contributed by atoms with Crippen LogP contribution in [-0.2, 0) is 5.41 Å². The molecule has 2 aromatic rings. The molecule has 0 radical (unpaired) electrons. The molecule has 0 fully saturated rings. The molecule has 3 N–H and O–H groups in total. The SMILES string of the molecule is CC(C)(C)c1nnsc1C(=O)Nc1c(N)ccc(F)c1F. The van der Waals surface area contributed by atoms with Crippen molar-refractivity contribution < 1.29 is 13.6 Å². The third-order valence-electron chi connectivity index (χ3n) is 2.77. The number of anilines is 2. The van der Waals surface area contributed by atoms with E-state index in [1.807, 2.05) is 20.8 Å². The molecule has 0 aliphatic rings. The van der Waals surface area contributed by atoms with Crippen LogP contribution in [-0.4, -0.2) is 15.5 Å². The number of amides is 1. The number of halogens is 2. The first-order valence-corrected chi connectivity index (χ1v) is 6.87. The minimum absolute atomic E-state index is 0.0583. The van der Waals surface area contributed by atoms with Gasteiger partial charge in [-0.15, -0.1) is 5.10 Å². The zero-order chi connectivity index (χ0) is 15.8. The van der Waals surface area contributed by atoms with E-state index in [-0.39, 0.29) is 16.3 Å². The Kier molecular flexibility index (Phi) is 3.91. The number of benzene rings is 1. The highest BCUT2D eigenvalue weighted by molar-refractivity contribution is 7.08. The second-order valence-electron chi connectivity index (χ2n) is 5.48. The summed E-state index contributed by atoms with van der Waals surface area (Å²) in [5.74, 6) is -2.90. The van der Waals surface area contributed by atoms with Gasteiger partial charge in [-0.3, -0.25) is 4.79 Å². The molecule has 0 aliphatic carbocycles. The second kappa shape index (κ2) is 5.36. The molecule has 1 heterocycles. The molecule has 0 aliphatic heterocycles. The van der Waals surface area contributed by atoms with Crippen molar-refractivity contribution in [3.63, 3.8) is 0 Å². The first kappa shape index (κ1) is 15.3. The molecule has 0 unspecified atom stereocenters. The highest BCUT2D eigenvalue weighted by atomic mass is 32.1. The van der Waals surface area contributed by atoms with Crippen LogP contribution in [0, 0.1) is 11.6 Å². The number of carbonyl (C=O) groups is 1. The number of rotatable bonds is 2. The Labute approximate surface area is 124 Å². The van der Waals surface area contributed by atoms with E-state index < -0.39 is 23.0 Å². The van der Waals surface area contributed by atoms with Gasteiger partial charge in [0.1, 0.15) is 10.6 Å². The summed E-state index contributed by atoms with van der Waals surface area (Å²) >= 11 is 0.890. The van der Waals surface area contributed by atoms with E-state index in [4.69, 9.17) is 5.73 Å². The van der Waals surface area contributed by atoms with E-state index in [2.05, 4.69) is 14.9 Å². The molecule has 112 valence electrons. The molecular formula is C13H14F2N4OS. The molecule has 21 heavy (non-hydrogen) atoms. The molecule has 0 saturated heterocycles. The number of nitrogens with two attached hydrogens (primary N) is 1. The average molecular weight is 312 g/mol. The van der Waals surface area contributed by atoms with Crippen LogP contribution in [0.5, 0.6) is 0 Å². The third kappa shape index (κ3) is 2.99. The number of nitrogens with zero attached hydrogens (tertiary/aromatic N) is 2. The lowest BCUT2D eigenvalue weighted by Crippen LogP contribution is -2.21. The average Bonchev–Trinajstić information content (AvgIpc) is 2.88. The number of carbonyl (C=O) groups excluding carboxylic acids is 1.